The number of hydrogen-bond acceptors (Lipinski definition) is 10. The van der Waals surface area contributed by atoms with Crippen molar-refractivity contribution in [1.82, 2.24) is 9.80 Å². The Hall–Kier alpha value is -6.30. The first-order chi connectivity index (χ1) is 27.4. The van der Waals surface area contributed by atoms with Gasteiger partial charge in [0, 0.05) is 62.4 Å². The van der Waals surface area contributed by atoms with Crippen molar-refractivity contribution in [2.24, 2.45) is 15.9 Å². The van der Waals surface area contributed by atoms with E-state index in [1.807, 2.05) is 61.2 Å². The fraction of sp³-hybridized carbons (Fsp3) is 0.318. The smallest absolute Gasteiger partial charge is 0.260 e. The van der Waals surface area contributed by atoms with Crippen molar-refractivity contribution >= 4 is 46.8 Å². The molecule has 0 spiro atoms. The summed E-state index contributed by atoms with van der Waals surface area (Å²) < 4.78 is 29.0. The maximum absolute atomic E-state index is 13.9. The average molecular weight is 756 g/mol. The lowest BCUT2D eigenvalue weighted by Gasteiger charge is -2.27. The Morgan fingerprint density at radius 3 is 2.14 bits per heavy atom. The molecule has 4 aliphatic heterocycles. The number of fused-ring (bicyclic) bond motifs is 4. The number of aliphatic imine (C=N–C) groups is 2. The van der Waals surface area contributed by atoms with Crippen LogP contribution in [0.3, 0.4) is 0 Å². The lowest BCUT2D eigenvalue weighted by atomic mass is 9.92. The molecule has 12 heteroatoms. The summed E-state index contributed by atoms with van der Waals surface area (Å²) in [4.78, 5) is 40.7. The first-order valence-corrected chi connectivity index (χ1v) is 19.0. The number of ether oxygens (including phenoxy) is 5. The Morgan fingerprint density at radius 1 is 0.750 bits per heavy atom. The molecule has 4 heterocycles. The Balaban J connectivity index is 0.880. The molecular formula is C44H45N5O7. The van der Waals surface area contributed by atoms with Crippen LogP contribution in [-0.2, 0) is 14.3 Å². The molecule has 0 aromatic heterocycles. The molecule has 0 radical (unpaired) electrons. The molecule has 1 aliphatic carbocycles. The van der Waals surface area contributed by atoms with Gasteiger partial charge in [-0.25, -0.2) is 0 Å². The number of benzene rings is 3. The summed E-state index contributed by atoms with van der Waals surface area (Å²) in [5.74, 6) is 2.06. The summed E-state index contributed by atoms with van der Waals surface area (Å²) in [5.41, 5.74) is 6.32. The molecule has 1 N–H and O–H groups in total. The summed E-state index contributed by atoms with van der Waals surface area (Å²) in [5, 5.41) is 3.32. The number of carbonyl (C=O) groups is 2. The van der Waals surface area contributed by atoms with Gasteiger partial charge >= 0.3 is 0 Å². The van der Waals surface area contributed by atoms with E-state index in [0.29, 0.717) is 66.7 Å². The SMILES string of the molecule is CCNc1ccc(C2=CN3C(=O)C4C=C(OC)C(OCCCOc5cc6c(cc5OC)C(=O)N5C=C(c7ccc(OC)cc7)C[C@H]5C=N6)=CC4N=C[C@@H]3C2)cc1. The zero-order chi connectivity index (χ0) is 38.8. The second-order valence-electron chi connectivity index (χ2n) is 14.1. The maximum atomic E-state index is 13.9. The van der Waals surface area contributed by atoms with Crippen molar-refractivity contribution in [3.63, 3.8) is 0 Å². The Labute approximate surface area is 326 Å². The molecule has 3 aromatic carbocycles. The van der Waals surface area contributed by atoms with Crippen molar-refractivity contribution in [2.45, 2.75) is 44.3 Å². The van der Waals surface area contributed by atoms with Gasteiger partial charge < -0.3 is 38.8 Å². The van der Waals surface area contributed by atoms with Gasteiger partial charge in [-0.2, -0.15) is 0 Å². The molecule has 8 rings (SSSR count). The lowest BCUT2D eigenvalue weighted by molar-refractivity contribution is -0.131. The molecule has 0 bridgehead atoms. The quantitative estimate of drug-likeness (QED) is 0.185. The van der Waals surface area contributed by atoms with Gasteiger partial charge in [0.1, 0.15) is 5.75 Å². The van der Waals surface area contributed by atoms with Gasteiger partial charge in [0.2, 0.25) is 5.91 Å². The zero-order valence-electron chi connectivity index (χ0n) is 31.9. The van der Waals surface area contributed by atoms with Gasteiger partial charge in [-0.3, -0.25) is 19.6 Å². The number of nitrogens with zero attached hydrogens (tertiary/aromatic N) is 4. The summed E-state index contributed by atoms with van der Waals surface area (Å²) in [6.07, 6.45) is 13.2. The van der Waals surface area contributed by atoms with Gasteiger partial charge in [-0.15, -0.1) is 0 Å². The second kappa shape index (κ2) is 15.8. The van der Waals surface area contributed by atoms with E-state index < -0.39 is 12.0 Å². The van der Waals surface area contributed by atoms with Crippen LogP contribution in [0, 0.1) is 5.92 Å². The predicted octanol–water partition coefficient (Wildman–Crippen LogP) is 7.03. The number of anilines is 1. The van der Waals surface area contributed by atoms with Crippen LogP contribution < -0.4 is 19.5 Å². The molecule has 0 fully saturated rings. The Bertz CT molecular complexity index is 2190. The number of amides is 2. The van der Waals surface area contributed by atoms with Crippen LogP contribution in [0.4, 0.5) is 11.4 Å². The minimum Gasteiger partial charge on any atom is -0.497 e. The average Bonchev–Trinajstić information content (AvgIpc) is 3.81. The van der Waals surface area contributed by atoms with Gasteiger partial charge in [0.25, 0.3) is 5.91 Å². The number of rotatable bonds is 13. The molecule has 0 saturated carbocycles. The van der Waals surface area contributed by atoms with Crippen molar-refractivity contribution in [3.05, 3.63) is 113 Å². The van der Waals surface area contributed by atoms with E-state index in [-0.39, 0.29) is 23.9 Å². The molecule has 2 unspecified atom stereocenters. The fourth-order valence-corrected chi connectivity index (χ4v) is 7.69. The highest BCUT2D eigenvalue weighted by atomic mass is 16.5. The summed E-state index contributed by atoms with van der Waals surface area (Å²) >= 11 is 0. The summed E-state index contributed by atoms with van der Waals surface area (Å²) in [6, 6.07) is 18.8. The van der Waals surface area contributed by atoms with Gasteiger partial charge in [-0.1, -0.05) is 24.3 Å². The molecular weight excluding hydrogens is 711 g/mol. The van der Waals surface area contributed by atoms with Gasteiger partial charge in [0.05, 0.1) is 69.8 Å². The van der Waals surface area contributed by atoms with Crippen LogP contribution in [0.1, 0.15) is 47.7 Å². The molecule has 12 nitrogen and oxygen atoms in total. The van der Waals surface area contributed by atoms with E-state index in [4.69, 9.17) is 33.7 Å². The number of nitrogens with one attached hydrogen (secondary N) is 1. The maximum Gasteiger partial charge on any atom is 0.260 e. The molecule has 0 saturated heterocycles. The predicted molar refractivity (Wildman–Crippen MR) is 216 cm³/mol. The fourth-order valence-electron chi connectivity index (χ4n) is 7.69. The molecule has 5 aliphatic rings. The molecule has 4 atom stereocenters. The Kier molecular flexibility index (Phi) is 10.4. The van der Waals surface area contributed by atoms with Crippen LogP contribution in [0.25, 0.3) is 11.1 Å². The standard InChI is InChI=1S/C44H45N5O7/c1-5-45-31-11-7-27(8-12-31)29-17-32-23-46-37-21-41(39(53-3)19-35(37)43(50)48(32)25-29)55-15-6-16-56-42-22-38-36(20-40(42)54-4)44(51)49-26-30(18-33(49)24-47-38)28-9-13-34(52-2)14-10-28/h7-14,19-26,32-33,35,37,45H,5-6,15-18H2,1-4H3/t32-,33-,35?,37?/m0/s1. The van der Waals surface area contributed by atoms with E-state index in [1.165, 1.54) is 0 Å². The van der Waals surface area contributed by atoms with Gasteiger partial charge in [0.15, 0.2) is 23.0 Å². The Morgan fingerprint density at radius 2 is 1.45 bits per heavy atom. The van der Waals surface area contributed by atoms with Crippen LogP contribution in [0.15, 0.2) is 107 Å². The number of carbonyl (C=O) groups excluding carboxylic acids is 2. The van der Waals surface area contributed by atoms with Crippen molar-refractivity contribution in [3.8, 4) is 17.2 Å². The van der Waals surface area contributed by atoms with Crippen LogP contribution in [0.2, 0.25) is 0 Å². The van der Waals surface area contributed by atoms with Crippen molar-refractivity contribution in [2.75, 3.05) is 46.4 Å². The van der Waals surface area contributed by atoms with E-state index in [1.54, 1.807) is 43.3 Å². The van der Waals surface area contributed by atoms with E-state index >= 15 is 0 Å². The van der Waals surface area contributed by atoms with Crippen LogP contribution in [0.5, 0.6) is 17.2 Å². The first-order valence-electron chi connectivity index (χ1n) is 19.0. The topological polar surface area (TPSA) is 124 Å². The van der Waals surface area contributed by atoms with Crippen LogP contribution >= 0.6 is 0 Å². The summed E-state index contributed by atoms with van der Waals surface area (Å²) in [6.45, 7) is 3.58. The highest BCUT2D eigenvalue weighted by molar-refractivity contribution is 6.05. The van der Waals surface area contributed by atoms with E-state index in [2.05, 4.69) is 36.5 Å². The van der Waals surface area contributed by atoms with Crippen molar-refractivity contribution in [1.29, 1.82) is 0 Å². The third-order valence-corrected chi connectivity index (χ3v) is 10.7. The monoisotopic (exact) mass is 755 g/mol. The largest absolute Gasteiger partial charge is 0.497 e. The molecule has 3 aromatic rings. The van der Waals surface area contributed by atoms with Gasteiger partial charge in [-0.05, 0) is 71.7 Å². The summed E-state index contributed by atoms with van der Waals surface area (Å²) in [7, 11) is 4.76. The third kappa shape index (κ3) is 7.14. The highest BCUT2D eigenvalue weighted by Crippen LogP contribution is 2.41. The molecule has 56 heavy (non-hydrogen) atoms. The zero-order valence-corrected chi connectivity index (χ0v) is 31.9. The van der Waals surface area contributed by atoms with Crippen LogP contribution in [-0.4, -0.2) is 93.3 Å². The van der Waals surface area contributed by atoms with E-state index in [9.17, 15) is 9.59 Å². The number of methoxy groups -OCH3 is 3. The second-order valence-corrected chi connectivity index (χ2v) is 14.1. The number of hydrogen-bond donors (Lipinski definition) is 1. The lowest BCUT2D eigenvalue weighted by Crippen LogP contribution is -2.39. The molecule has 2 amide bonds. The van der Waals surface area contributed by atoms with Crippen molar-refractivity contribution < 1.29 is 33.3 Å². The third-order valence-electron chi connectivity index (χ3n) is 10.7. The highest BCUT2D eigenvalue weighted by Gasteiger charge is 2.40. The normalized spacial score (nSPS) is 22.0. The van der Waals surface area contributed by atoms with E-state index in [0.717, 1.165) is 40.3 Å². The molecule has 288 valence electrons. The minimum atomic E-state index is -0.508. The minimum absolute atomic E-state index is 0.0223. The first kappa shape index (κ1) is 36.7.